The molecule has 34 heavy (non-hydrogen) atoms. The summed E-state index contributed by atoms with van der Waals surface area (Å²) in [6, 6.07) is 8.67. The van der Waals surface area contributed by atoms with E-state index < -0.39 is 6.09 Å². The Bertz CT molecular complexity index is 1190. The van der Waals surface area contributed by atoms with E-state index in [0.29, 0.717) is 35.7 Å². The maximum atomic E-state index is 12.6. The number of aromatic nitrogens is 1. The molecular formula is C24H28N4O5S. The van der Waals surface area contributed by atoms with Crippen molar-refractivity contribution in [3.63, 3.8) is 0 Å². The Morgan fingerprint density at radius 3 is 2.94 bits per heavy atom. The Morgan fingerprint density at radius 2 is 2.21 bits per heavy atom. The molecule has 1 aliphatic carbocycles. The molecule has 1 aliphatic rings. The fraction of sp³-hybridized carbons (Fsp3) is 0.375. The summed E-state index contributed by atoms with van der Waals surface area (Å²) in [5.41, 5.74) is 9.56. The van der Waals surface area contributed by atoms with Crippen molar-refractivity contribution in [2.75, 3.05) is 11.1 Å². The van der Waals surface area contributed by atoms with Gasteiger partial charge in [-0.25, -0.2) is 4.79 Å². The number of nitrogens with zero attached hydrogens (tertiary/aromatic N) is 1. The number of hydrogen-bond acceptors (Lipinski definition) is 8. The summed E-state index contributed by atoms with van der Waals surface area (Å²) in [5.74, 6) is 0.541. The van der Waals surface area contributed by atoms with E-state index in [1.165, 1.54) is 11.3 Å². The molecule has 2 atom stereocenters. The van der Waals surface area contributed by atoms with E-state index >= 15 is 0 Å². The number of thiophene rings is 1. The topological polar surface area (TPSA) is 140 Å². The van der Waals surface area contributed by atoms with Gasteiger partial charge in [0.25, 0.3) is 0 Å². The third-order valence-corrected chi connectivity index (χ3v) is 6.99. The fourth-order valence-electron chi connectivity index (χ4n) is 4.03. The molecule has 2 heterocycles. The number of nitrogens with two attached hydrogens (primary N) is 1. The maximum Gasteiger partial charge on any atom is 0.407 e. The Hall–Kier alpha value is -3.53. The van der Waals surface area contributed by atoms with E-state index in [1.54, 1.807) is 24.3 Å². The van der Waals surface area contributed by atoms with Crippen LogP contribution >= 0.6 is 11.3 Å². The predicted octanol–water partition coefficient (Wildman–Crippen LogP) is 4.25. The normalized spacial score (nSPS) is 15.9. The van der Waals surface area contributed by atoms with Crippen LogP contribution < -0.4 is 16.4 Å². The molecule has 0 fully saturated rings. The Balaban J connectivity index is 1.31. The summed E-state index contributed by atoms with van der Waals surface area (Å²) >= 11 is 1.43. The van der Waals surface area contributed by atoms with Crippen LogP contribution in [0.25, 0.3) is 0 Å². The minimum atomic E-state index is -0.513. The quantitative estimate of drug-likeness (QED) is 0.393. The van der Waals surface area contributed by atoms with Crippen LogP contribution in [-0.4, -0.2) is 28.4 Å². The van der Waals surface area contributed by atoms with Gasteiger partial charge in [0.1, 0.15) is 16.9 Å². The molecule has 1 aromatic carbocycles. The molecule has 0 saturated carbocycles. The highest BCUT2D eigenvalue weighted by Gasteiger charge is 2.27. The van der Waals surface area contributed by atoms with E-state index in [1.807, 2.05) is 19.9 Å². The number of phenols is 1. The monoisotopic (exact) mass is 484 g/mol. The van der Waals surface area contributed by atoms with E-state index in [9.17, 15) is 14.7 Å². The Kier molecular flexibility index (Phi) is 7.06. The van der Waals surface area contributed by atoms with Crippen LogP contribution in [-0.2, 0) is 28.9 Å². The average molecular weight is 485 g/mol. The van der Waals surface area contributed by atoms with Crippen molar-refractivity contribution in [3.8, 4) is 5.75 Å². The average Bonchev–Trinajstić information content (AvgIpc) is 3.34. The molecule has 5 N–H and O–H groups in total. The van der Waals surface area contributed by atoms with Crippen molar-refractivity contribution in [3.05, 3.63) is 57.8 Å². The molecule has 10 heteroatoms. The van der Waals surface area contributed by atoms with Crippen LogP contribution in [0.3, 0.4) is 0 Å². The van der Waals surface area contributed by atoms with Crippen molar-refractivity contribution in [1.82, 2.24) is 10.5 Å². The summed E-state index contributed by atoms with van der Waals surface area (Å²) in [4.78, 5) is 25.8. The first-order chi connectivity index (χ1) is 16.3. The Morgan fingerprint density at radius 1 is 1.38 bits per heavy atom. The highest BCUT2D eigenvalue weighted by Crippen LogP contribution is 2.41. The molecule has 0 aliphatic heterocycles. The molecule has 0 spiro atoms. The van der Waals surface area contributed by atoms with E-state index in [2.05, 4.69) is 15.8 Å². The first-order valence-corrected chi connectivity index (χ1v) is 12.0. The molecule has 2 amide bonds. The first-order valence-electron chi connectivity index (χ1n) is 11.1. The van der Waals surface area contributed by atoms with Crippen LogP contribution in [0, 0.1) is 6.92 Å². The predicted molar refractivity (Wildman–Crippen MR) is 129 cm³/mol. The molecule has 0 bridgehead atoms. The SMILES string of the molecule is Cc1cc(CNC(=O)OC2CCc3c(sc(NC(=O)CC(C)c4cccc(O)c4)c3N)C2)on1. The van der Waals surface area contributed by atoms with Crippen LogP contribution in [0.5, 0.6) is 5.75 Å². The van der Waals surface area contributed by atoms with Gasteiger partial charge in [0.15, 0.2) is 5.76 Å². The summed E-state index contributed by atoms with van der Waals surface area (Å²) in [6.45, 7) is 3.96. The zero-order valence-electron chi connectivity index (χ0n) is 19.1. The number of carbonyl (C=O) groups excluding carboxylic acids is 2. The minimum Gasteiger partial charge on any atom is -0.508 e. The fourth-order valence-corrected chi connectivity index (χ4v) is 5.28. The summed E-state index contributed by atoms with van der Waals surface area (Å²) < 4.78 is 10.6. The van der Waals surface area contributed by atoms with Crippen LogP contribution in [0.15, 0.2) is 34.9 Å². The van der Waals surface area contributed by atoms with Gasteiger partial charge in [0.05, 0.1) is 17.9 Å². The number of fused-ring (bicyclic) bond motifs is 1. The molecule has 0 radical (unpaired) electrons. The molecule has 9 nitrogen and oxygen atoms in total. The number of hydrogen-bond donors (Lipinski definition) is 4. The number of nitrogen functional groups attached to an aromatic ring is 1. The third-order valence-electron chi connectivity index (χ3n) is 5.80. The second-order valence-corrected chi connectivity index (χ2v) is 9.66. The molecule has 180 valence electrons. The smallest absolute Gasteiger partial charge is 0.407 e. The summed E-state index contributed by atoms with van der Waals surface area (Å²) in [6.07, 6.45) is 1.37. The number of aromatic hydroxyl groups is 1. The van der Waals surface area contributed by atoms with Crippen LogP contribution in [0.2, 0.25) is 0 Å². The van der Waals surface area contributed by atoms with Gasteiger partial charge in [0, 0.05) is 23.8 Å². The van der Waals surface area contributed by atoms with E-state index in [-0.39, 0.29) is 36.6 Å². The second kappa shape index (κ2) is 10.2. The standard InChI is InChI=1S/C24H28N4O5S/c1-13(15-4-3-5-16(29)10-15)8-21(30)27-23-22(25)19-7-6-17(11-20(19)34-23)32-24(31)26-12-18-9-14(2)28-33-18/h3-5,9-10,13,17,29H,6-8,11-12,25H2,1-2H3,(H,26,31)(H,27,30). The second-order valence-electron chi connectivity index (χ2n) is 8.55. The maximum absolute atomic E-state index is 12.6. The zero-order chi connectivity index (χ0) is 24.2. The lowest BCUT2D eigenvalue weighted by Crippen LogP contribution is -2.31. The number of amides is 2. The van der Waals surface area contributed by atoms with Gasteiger partial charge < -0.3 is 30.7 Å². The number of aryl methyl sites for hydroxylation is 1. The van der Waals surface area contributed by atoms with Gasteiger partial charge in [-0.05, 0) is 48.9 Å². The lowest BCUT2D eigenvalue weighted by Gasteiger charge is -2.22. The first kappa shape index (κ1) is 23.6. The van der Waals surface area contributed by atoms with Gasteiger partial charge in [-0.3, -0.25) is 4.79 Å². The molecule has 3 aromatic rings. The van der Waals surface area contributed by atoms with Crippen molar-refractivity contribution in [2.45, 2.75) is 58.1 Å². The molecule has 4 rings (SSSR count). The van der Waals surface area contributed by atoms with Gasteiger partial charge in [-0.2, -0.15) is 0 Å². The summed E-state index contributed by atoms with van der Waals surface area (Å²) in [5, 5.41) is 19.7. The van der Waals surface area contributed by atoms with E-state index in [0.717, 1.165) is 21.7 Å². The number of anilines is 2. The number of rotatable bonds is 7. The number of nitrogens with one attached hydrogen (secondary N) is 2. The highest BCUT2D eigenvalue weighted by atomic mass is 32.1. The minimum absolute atomic E-state index is 0.0555. The van der Waals surface area contributed by atoms with Gasteiger partial charge in [0.2, 0.25) is 5.91 Å². The van der Waals surface area contributed by atoms with Crippen molar-refractivity contribution < 1.29 is 24.0 Å². The third kappa shape index (κ3) is 5.69. The number of phenolic OH excluding ortho intramolecular Hbond substituents is 1. The van der Waals surface area contributed by atoms with Crippen molar-refractivity contribution in [1.29, 1.82) is 0 Å². The molecular weight excluding hydrogens is 456 g/mol. The number of alkyl carbamates (subject to hydrolysis) is 1. The van der Waals surface area contributed by atoms with Crippen LogP contribution in [0.4, 0.5) is 15.5 Å². The molecule has 2 aromatic heterocycles. The molecule has 0 saturated heterocycles. The summed E-state index contributed by atoms with van der Waals surface area (Å²) in [7, 11) is 0. The number of carbonyl (C=O) groups is 2. The van der Waals surface area contributed by atoms with Crippen molar-refractivity contribution in [2.24, 2.45) is 0 Å². The number of benzene rings is 1. The number of ether oxygens (including phenoxy) is 1. The largest absolute Gasteiger partial charge is 0.508 e. The highest BCUT2D eigenvalue weighted by molar-refractivity contribution is 7.17. The lowest BCUT2D eigenvalue weighted by atomic mass is 9.95. The Labute approximate surface area is 201 Å². The molecule has 2 unspecified atom stereocenters. The van der Waals surface area contributed by atoms with Crippen LogP contribution in [0.1, 0.15) is 53.1 Å². The van der Waals surface area contributed by atoms with E-state index in [4.69, 9.17) is 15.0 Å². The van der Waals surface area contributed by atoms with Gasteiger partial charge in [-0.1, -0.05) is 24.2 Å². The van der Waals surface area contributed by atoms with Gasteiger partial charge in [-0.15, -0.1) is 11.3 Å². The zero-order valence-corrected chi connectivity index (χ0v) is 19.9. The van der Waals surface area contributed by atoms with Gasteiger partial charge >= 0.3 is 6.09 Å². The van der Waals surface area contributed by atoms with Crippen molar-refractivity contribution >= 4 is 34.0 Å². The lowest BCUT2D eigenvalue weighted by molar-refractivity contribution is -0.116.